The third-order valence-corrected chi connectivity index (χ3v) is 7.53. The molecule has 28 heavy (non-hydrogen) atoms. The zero-order valence-electron chi connectivity index (χ0n) is 15.1. The molecule has 1 aliphatic heterocycles. The van der Waals surface area contributed by atoms with Crippen molar-refractivity contribution in [2.75, 3.05) is 5.75 Å². The summed E-state index contributed by atoms with van der Waals surface area (Å²) in [5.74, 6) is 0.907. The first-order valence-corrected chi connectivity index (χ1v) is 11.1. The maximum Gasteiger partial charge on any atom is 0.281 e. The summed E-state index contributed by atoms with van der Waals surface area (Å²) in [5, 5.41) is 1.82. The monoisotopic (exact) mass is 402 g/mol. The van der Waals surface area contributed by atoms with Gasteiger partial charge in [-0.3, -0.25) is 4.79 Å². The molecule has 0 spiro atoms. The van der Waals surface area contributed by atoms with Gasteiger partial charge in [0.25, 0.3) is 5.56 Å². The van der Waals surface area contributed by atoms with E-state index in [1.54, 1.807) is 11.8 Å². The highest BCUT2D eigenvalue weighted by Crippen LogP contribution is 2.43. The van der Waals surface area contributed by atoms with Crippen LogP contribution in [0.15, 0.2) is 99.8 Å². The fraction of sp³-hybridized carbons (Fsp3) is 0.130. The zero-order valence-corrected chi connectivity index (χ0v) is 16.7. The van der Waals surface area contributed by atoms with Crippen molar-refractivity contribution >= 4 is 34.4 Å². The van der Waals surface area contributed by atoms with Crippen molar-refractivity contribution in [2.45, 2.75) is 21.3 Å². The average Bonchev–Trinajstić information content (AvgIpc) is 2.75. The van der Waals surface area contributed by atoms with Gasteiger partial charge in [-0.25, -0.2) is 0 Å². The fourth-order valence-electron chi connectivity index (χ4n) is 3.74. The maximum atomic E-state index is 12.5. The largest absolute Gasteiger partial charge is 0.311 e. The number of benzene rings is 3. The van der Waals surface area contributed by atoms with Crippen LogP contribution in [-0.4, -0.2) is 20.6 Å². The number of rotatable bonds is 3. The summed E-state index contributed by atoms with van der Waals surface area (Å²) < 4.78 is 2.26. The lowest BCUT2D eigenvalue weighted by atomic mass is 10.0. The van der Waals surface area contributed by atoms with Crippen molar-refractivity contribution in [2.24, 2.45) is 0 Å². The molecule has 3 nitrogen and oxygen atoms in total. The third-order valence-electron chi connectivity index (χ3n) is 4.98. The first-order valence-electron chi connectivity index (χ1n) is 9.22. The van der Waals surface area contributed by atoms with Crippen LogP contribution in [0.1, 0.15) is 11.6 Å². The molecule has 0 amide bonds. The molecule has 2 heterocycles. The number of nitrogens with zero attached hydrogens (tertiary/aromatic N) is 2. The molecule has 138 valence electrons. The van der Waals surface area contributed by atoms with Crippen LogP contribution in [-0.2, 0) is 0 Å². The Morgan fingerprint density at radius 3 is 2.36 bits per heavy atom. The van der Waals surface area contributed by atoms with E-state index in [9.17, 15) is 4.79 Å². The van der Waals surface area contributed by atoms with E-state index < -0.39 is 0 Å². The normalized spacial score (nSPS) is 18.7. The molecular formula is C23H18N2OS2. The predicted octanol–water partition coefficient (Wildman–Crippen LogP) is 5.25. The van der Waals surface area contributed by atoms with Crippen molar-refractivity contribution in [1.29, 1.82) is 0 Å². The maximum absolute atomic E-state index is 12.5. The topological polar surface area (TPSA) is 34.9 Å². The fourth-order valence-corrected chi connectivity index (χ4v) is 6.28. The predicted molar refractivity (Wildman–Crippen MR) is 117 cm³/mol. The Morgan fingerprint density at radius 1 is 0.893 bits per heavy atom. The van der Waals surface area contributed by atoms with Gasteiger partial charge < -0.3 is 4.57 Å². The van der Waals surface area contributed by atoms with E-state index in [0.717, 1.165) is 16.4 Å². The van der Waals surface area contributed by atoms with Crippen molar-refractivity contribution in [3.8, 4) is 0 Å². The highest BCUT2D eigenvalue weighted by Gasteiger charge is 2.33. The van der Waals surface area contributed by atoms with Crippen molar-refractivity contribution in [3.63, 3.8) is 0 Å². The second kappa shape index (κ2) is 7.49. The number of thioether (sulfide) groups is 2. The number of aromatic nitrogens is 2. The van der Waals surface area contributed by atoms with Crippen LogP contribution < -0.4 is 5.56 Å². The lowest BCUT2D eigenvalue weighted by Crippen LogP contribution is -2.33. The van der Waals surface area contributed by atoms with Crippen molar-refractivity contribution in [1.82, 2.24) is 9.55 Å². The summed E-state index contributed by atoms with van der Waals surface area (Å²) in [6.07, 6.45) is 0. The quantitative estimate of drug-likeness (QED) is 0.438. The number of hydrogen-bond acceptors (Lipinski definition) is 4. The second-order valence-electron chi connectivity index (χ2n) is 6.72. The molecule has 3 aromatic carbocycles. The average molecular weight is 403 g/mol. The first kappa shape index (κ1) is 17.6. The highest BCUT2D eigenvalue weighted by atomic mass is 32.2. The van der Waals surface area contributed by atoms with Gasteiger partial charge in [0.1, 0.15) is 0 Å². The van der Waals surface area contributed by atoms with Crippen LogP contribution in [0.3, 0.4) is 0 Å². The third kappa shape index (κ3) is 3.15. The Labute approximate surface area is 171 Å². The Bertz CT molecular complexity index is 1180. The minimum Gasteiger partial charge on any atom is -0.311 e. The van der Waals surface area contributed by atoms with E-state index in [0.29, 0.717) is 10.6 Å². The summed E-state index contributed by atoms with van der Waals surface area (Å²) in [5.41, 5.74) is 2.06. The first-order chi connectivity index (χ1) is 13.8. The van der Waals surface area contributed by atoms with E-state index in [1.807, 2.05) is 48.2 Å². The van der Waals surface area contributed by atoms with Crippen LogP contribution >= 0.6 is 23.5 Å². The van der Waals surface area contributed by atoms with Crippen molar-refractivity contribution < 1.29 is 0 Å². The minimum atomic E-state index is -0.143. The van der Waals surface area contributed by atoms with Gasteiger partial charge in [-0.15, -0.1) is 11.8 Å². The van der Waals surface area contributed by atoms with Gasteiger partial charge in [0.05, 0.1) is 16.9 Å². The van der Waals surface area contributed by atoms with Gasteiger partial charge in [0, 0.05) is 15.9 Å². The van der Waals surface area contributed by atoms with E-state index in [2.05, 4.69) is 58.1 Å². The molecule has 0 bridgehead atoms. The van der Waals surface area contributed by atoms with E-state index in [-0.39, 0.29) is 11.6 Å². The molecule has 5 rings (SSSR count). The molecule has 0 aliphatic carbocycles. The van der Waals surface area contributed by atoms with Gasteiger partial charge in [0.2, 0.25) is 0 Å². The summed E-state index contributed by atoms with van der Waals surface area (Å²) in [6.45, 7) is 0. The summed E-state index contributed by atoms with van der Waals surface area (Å²) in [7, 11) is 0. The zero-order chi connectivity index (χ0) is 18.9. The van der Waals surface area contributed by atoms with Gasteiger partial charge in [0.15, 0.2) is 5.16 Å². The molecule has 0 radical (unpaired) electrons. The van der Waals surface area contributed by atoms with Gasteiger partial charge in [-0.1, -0.05) is 72.4 Å². The molecule has 4 aromatic rings. The molecule has 2 atom stereocenters. The minimum absolute atomic E-state index is 0.112. The molecule has 0 saturated carbocycles. The Hall–Kier alpha value is -2.50. The number of fused-ring (bicyclic) bond motifs is 3. The van der Waals surface area contributed by atoms with Gasteiger partial charge in [-0.2, -0.15) is 4.98 Å². The molecule has 0 unspecified atom stereocenters. The van der Waals surface area contributed by atoms with Crippen LogP contribution in [0, 0.1) is 0 Å². The summed E-state index contributed by atoms with van der Waals surface area (Å²) in [4.78, 5) is 18.2. The van der Waals surface area contributed by atoms with Crippen LogP contribution in [0.25, 0.3) is 10.9 Å². The number of para-hydroxylation sites is 1. The van der Waals surface area contributed by atoms with E-state index in [1.165, 1.54) is 10.5 Å². The smallest absolute Gasteiger partial charge is 0.281 e. The van der Waals surface area contributed by atoms with E-state index >= 15 is 0 Å². The summed E-state index contributed by atoms with van der Waals surface area (Å²) >= 11 is 3.57. The molecule has 0 saturated heterocycles. The lowest BCUT2D eigenvalue weighted by Gasteiger charge is -2.35. The molecule has 0 fully saturated rings. The molecular weight excluding hydrogens is 384 g/mol. The standard InChI is InChI=1S/C23H18N2OS2/c26-22-18-13-7-8-14-19(18)25-21(16-9-3-1-4-10-16)20(15-27-23(25)24-22)28-17-11-5-2-6-12-17/h1-14,20-21H,15H2/t20-,21+/m1/s1. The van der Waals surface area contributed by atoms with Crippen LogP contribution in [0.2, 0.25) is 0 Å². The SMILES string of the molecule is O=c1nc2n(c3ccccc13)[C@@H](c1ccccc1)[C@H](Sc1ccccc1)CS2. The Kier molecular flexibility index (Phi) is 4.71. The highest BCUT2D eigenvalue weighted by molar-refractivity contribution is 8.03. The Balaban J connectivity index is 1.71. The molecule has 5 heteroatoms. The molecule has 1 aliphatic rings. The van der Waals surface area contributed by atoms with Crippen molar-refractivity contribution in [3.05, 3.63) is 101 Å². The number of hydrogen-bond donors (Lipinski definition) is 0. The van der Waals surface area contributed by atoms with Crippen LogP contribution in [0.5, 0.6) is 0 Å². The molecule has 0 N–H and O–H groups in total. The second-order valence-corrected chi connectivity index (χ2v) is 9.02. The van der Waals surface area contributed by atoms with Gasteiger partial charge >= 0.3 is 0 Å². The Morgan fingerprint density at radius 2 is 1.57 bits per heavy atom. The lowest BCUT2D eigenvalue weighted by molar-refractivity contribution is 0.524. The molecule has 1 aromatic heterocycles. The van der Waals surface area contributed by atoms with E-state index in [4.69, 9.17) is 0 Å². The van der Waals surface area contributed by atoms with Gasteiger partial charge in [-0.05, 0) is 29.8 Å². The van der Waals surface area contributed by atoms with Crippen LogP contribution in [0.4, 0.5) is 0 Å². The summed E-state index contributed by atoms with van der Waals surface area (Å²) in [6, 6.07) is 29.0.